The van der Waals surface area contributed by atoms with E-state index in [1.807, 2.05) is 4.72 Å². The number of nitrogens with one attached hydrogen (secondary N) is 2. The van der Waals surface area contributed by atoms with Crippen LogP contribution in [0, 0.1) is 18.7 Å². The van der Waals surface area contributed by atoms with Crippen LogP contribution in [0.5, 0.6) is 0 Å². The Balaban J connectivity index is 1.57. The Morgan fingerprint density at radius 1 is 1.29 bits per heavy atom. The maximum Gasteiger partial charge on any atom is 0.338 e. The molecule has 2 fully saturated rings. The number of carbonyl (C=O) groups is 2. The minimum atomic E-state index is -4.32. The first-order chi connectivity index (χ1) is 19.8. The van der Waals surface area contributed by atoms with Gasteiger partial charge in [-0.25, -0.2) is 27.7 Å². The van der Waals surface area contributed by atoms with E-state index in [-0.39, 0.29) is 42.4 Å². The van der Waals surface area contributed by atoms with Gasteiger partial charge in [-0.2, -0.15) is 12.7 Å². The van der Waals surface area contributed by atoms with Gasteiger partial charge < -0.3 is 10.1 Å². The fraction of sp³-hybridized carbons (Fsp3) is 0.462. The molecule has 42 heavy (non-hydrogen) atoms. The van der Waals surface area contributed by atoms with E-state index in [4.69, 9.17) is 9.73 Å². The van der Waals surface area contributed by atoms with Gasteiger partial charge in [0.2, 0.25) is 5.91 Å². The lowest BCUT2D eigenvalue weighted by Gasteiger charge is -2.31. The molecule has 2 saturated heterocycles. The highest BCUT2D eigenvalue weighted by Gasteiger charge is 2.59. The zero-order valence-electron chi connectivity index (χ0n) is 22.9. The summed E-state index contributed by atoms with van der Waals surface area (Å²) in [5.41, 5.74) is 0.889. The Labute approximate surface area is 244 Å². The van der Waals surface area contributed by atoms with Crippen LogP contribution >= 0.6 is 11.3 Å². The van der Waals surface area contributed by atoms with Gasteiger partial charge >= 0.3 is 16.2 Å². The Bertz CT molecular complexity index is 1560. The number of esters is 1. The molecule has 226 valence electrons. The average Bonchev–Trinajstić information content (AvgIpc) is 3.64. The lowest BCUT2D eigenvalue weighted by Crippen LogP contribution is -2.46. The number of alkyl halides is 2. The normalized spacial score (nSPS) is 24.2. The molecule has 3 unspecified atom stereocenters. The van der Waals surface area contributed by atoms with Crippen LogP contribution in [0.2, 0.25) is 0 Å². The number of likely N-dealkylation sites (tertiary alicyclic amines) is 1. The van der Waals surface area contributed by atoms with Crippen molar-refractivity contribution < 1.29 is 35.9 Å². The highest BCUT2D eigenvalue weighted by Crippen LogP contribution is 2.44. The largest absolute Gasteiger partial charge is 0.463 e. The first-order valence-corrected chi connectivity index (χ1v) is 15.4. The number of aliphatic imine (C=N–C) groups is 1. The number of hydrogen-bond acceptors (Lipinski definition) is 10. The van der Waals surface area contributed by atoms with Crippen LogP contribution in [0.15, 0.2) is 46.0 Å². The quantitative estimate of drug-likeness (QED) is 0.426. The number of carbonyl (C=O) groups excluding carboxylic acids is 2. The van der Waals surface area contributed by atoms with Gasteiger partial charge in [0.15, 0.2) is 10.8 Å². The van der Waals surface area contributed by atoms with Gasteiger partial charge in [0.25, 0.3) is 5.92 Å². The molecule has 0 spiro atoms. The summed E-state index contributed by atoms with van der Waals surface area (Å²) in [5, 5.41) is 5.28. The number of fused-ring (bicyclic) bond motifs is 1. The SMILES string of the molecule is CCOC(=O)C1=C(CN2CC(F)(F)C3CN(S(=O)(=O)NC(C)=O)CC32)NC(c2nccs2)=NC1c1cccc(F)c1C. The van der Waals surface area contributed by atoms with E-state index < -0.39 is 64.9 Å². The smallest absolute Gasteiger partial charge is 0.338 e. The summed E-state index contributed by atoms with van der Waals surface area (Å²) in [6.45, 7) is 2.55. The van der Waals surface area contributed by atoms with E-state index in [0.717, 1.165) is 11.2 Å². The van der Waals surface area contributed by atoms with E-state index in [0.29, 0.717) is 10.6 Å². The van der Waals surface area contributed by atoms with Crippen molar-refractivity contribution in [3.8, 4) is 0 Å². The van der Waals surface area contributed by atoms with Gasteiger partial charge in [-0.15, -0.1) is 11.3 Å². The lowest BCUT2D eigenvalue weighted by molar-refractivity contribution is -0.139. The molecule has 0 bridgehead atoms. The van der Waals surface area contributed by atoms with E-state index in [1.165, 1.54) is 28.4 Å². The molecule has 3 aliphatic heterocycles. The molecule has 16 heteroatoms. The minimum absolute atomic E-state index is 0.0238. The van der Waals surface area contributed by atoms with Gasteiger partial charge in [-0.1, -0.05) is 12.1 Å². The van der Waals surface area contributed by atoms with Gasteiger partial charge in [-0.05, 0) is 31.0 Å². The van der Waals surface area contributed by atoms with Crippen molar-refractivity contribution in [3.05, 3.63) is 63.0 Å². The standard InChI is InChI=1S/C26H29F3N6O5S2/c1-4-40-25(37)21-19(11-34-13-26(28,29)17-10-35(12-20(17)34)42(38,39)33-15(3)36)31-23(24-30-8-9-41-24)32-22(21)16-6-5-7-18(27)14(16)2/h5-9,17,20,22H,4,10-13H2,1-3H3,(H,31,32)(H,33,36). The van der Waals surface area contributed by atoms with Crippen LogP contribution in [-0.4, -0.2) is 85.1 Å². The van der Waals surface area contributed by atoms with Gasteiger partial charge in [0.05, 0.1) is 24.6 Å². The predicted molar refractivity (Wildman–Crippen MR) is 147 cm³/mol. The number of aromatic nitrogens is 1. The van der Waals surface area contributed by atoms with Crippen molar-refractivity contribution in [1.29, 1.82) is 0 Å². The highest BCUT2D eigenvalue weighted by atomic mass is 32.2. The predicted octanol–water partition coefficient (Wildman–Crippen LogP) is 2.13. The molecule has 3 aliphatic rings. The van der Waals surface area contributed by atoms with Crippen molar-refractivity contribution >= 4 is 39.3 Å². The molecule has 11 nitrogen and oxygen atoms in total. The second-order valence-electron chi connectivity index (χ2n) is 10.2. The summed E-state index contributed by atoms with van der Waals surface area (Å²) >= 11 is 1.26. The number of nitrogens with zero attached hydrogens (tertiary/aromatic N) is 4. The molecule has 2 N–H and O–H groups in total. The Morgan fingerprint density at radius 2 is 2.05 bits per heavy atom. The number of benzene rings is 1. The van der Waals surface area contributed by atoms with Crippen molar-refractivity contribution in [2.45, 2.75) is 38.8 Å². The molecule has 1 amide bonds. The van der Waals surface area contributed by atoms with Gasteiger partial charge in [0.1, 0.15) is 11.9 Å². The van der Waals surface area contributed by atoms with E-state index in [9.17, 15) is 22.4 Å². The average molecular weight is 627 g/mol. The Hall–Kier alpha value is -3.34. The first kappa shape index (κ1) is 30.1. The lowest BCUT2D eigenvalue weighted by atomic mass is 9.92. The molecule has 5 rings (SSSR count). The van der Waals surface area contributed by atoms with Crippen molar-refractivity contribution in [1.82, 2.24) is 24.2 Å². The van der Waals surface area contributed by atoms with Crippen LogP contribution < -0.4 is 10.0 Å². The molecule has 0 saturated carbocycles. The summed E-state index contributed by atoms with van der Waals surface area (Å²) in [5.74, 6) is -6.42. The molecule has 0 aliphatic carbocycles. The minimum Gasteiger partial charge on any atom is -0.463 e. The number of ether oxygens (including phenoxy) is 1. The van der Waals surface area contributed by atoms with Crippen LogP contribution in [0.25, 0.3) is 0 Å². The molecular formula is C26H29F3N6O5S2. The molecule has 1 aromatic carbocycles. The molecule has 2 aromatic rings. The molecule has 1 aromatic heterocycles. The second-order valence-corrected chi connectivity index (χ2v) is 12.8. The van der Waals surface area contributed by atoms with Gasteiger partial charge in [0, 0.05) is 49.9 Å². The number of amides is 1. The summed E-state index contributed by atoms with van der Waals surface area (Å²) in [6, 6.07) is 2.46. The molecular weight excluding hydrogens is 597 g/mol. The Kier molecular flexibility index (Phi) is 8.17. The zero-order chi connectivity index (χ0) is 30.4. The molecule has 0 radical (unpaired) electrons. The number of amidine groups is 1. The maximum atomic E-state index is 15.3. The van der Waals surface area contributed by atoms with Gasteiger partial charge in [-0.3, -0.25) is 14.7 Å². The third-order valence-corrected chi connectivity index (χ3v) is 9.82. The topological polar surface area (TPSA) is 133 Å². The third kappa shape index (κ3) is 5.67. The van der Waals surface area contributed by atoms with Crippen molar-refractivity contribution in [3.63, 3.8) is 0 Å². The van der Waals surface area contributed by atoms with Crippen LogP contribution in [0.3, 0.4) is 0 Å². The monoisotopic (exact) mass is 626 g/mol. The number of rotatable bonds is 8. The van der Waals surface area contributed by atoms with Crippen LogP contribution in [-0.2, 0) is 24.5 Å². The highest BCUT2D eigenvalue weighted by molar-refractivity contribution is 7.87. The fourth-order valence-electron chi connectivity index (χ4n) is 5.62. The number of halogens is 3. The van der Waals surface area contributed by atoms with Crippen molar-refractivity contribution in [2.75, 3.05) is 32.8 Å². The summed E-state index contributed by atoms with van der Waals surface area (Å²) in [6.07, 6.45) is 1.56. The molecule has 3 atom stereocenters. The maximum absolute atomic E-state index is 15.3. The number of thiazole rings is 1. The fourth-order valence-corrected chi connectivity index (χ4v) is 7.41. The van der Waals surface area contributed by atoms with E-state index in [2.05, 4.69) is 10.3 Å². The van der Waals surface area contributed by atoms with Crippen LogP contribution in [0.1, 0.15) is 36.0 Å². The third-order valence-electron chi connectivity index (χ3n) is 7.52. The summed E-state index contributed by atoms with van der Waals surface area (Å²) in [4.78, 5) is 35.2. The second kappa shape index (κ2) is 11.4. The first-order valence-electron chi connectivity index (χ1n) is 13.1. The number of hydrogen-bond donors (Lipinski definition) is 2. The Morgan fingerprint density at radius 3 is 2.71 bits per heavy atom. The van der Waals surface area contributed by atoms with Crippen molar-refractivity contribution in [2.24, 2.45) is 10.9 Å². The molecule has 4 heterocycles. The van der Waals surface area contributed by atoms with Crippen LogP contribution in [0.4, 0.5) is 13.2 Å². The van der Waals surface area contributed by atoms with E-state index >= 15 is 8.78 Å². The zero-order valence-corrected chi connectivity index (χ0v) is 24.6. The summed E-state index contributed by atoms with van der Waals surface area (Å²) in [7, 11) is -4.32. The summed E-state index contributed by atoms with van der Waals surface area (Å²) < 4.78 is 78.5. The van der Waals surface area contributed by atoms with E-state index in [1.54, 1.807) is 31.5 Å².